The maximum absolute atomic E-state index is 12.3. The Bertz CT molecular complexity index is 655. The summed E-state index contributed by atoms with van der Waals surface area (Å²) in [7, 11) is -0.923. The van der Waals surface area contributed by atoms with E-state index in [-0.39, 0.29) is 22.1 Å². The number of nitrogens with two attached hydrogens (primary N) is 2. The number of ketones is 1. The Labute approximate surface area is 138 Å². The number of anilines is 2. The molecule has 0 bridgehead atoms. The number of carbonyl (C=O) groups excluding carboxylic acids is 1. The number of unbranched alkanes of at least 4 members (excludes halogenated alkanes) is 4. The Morgan fingerprint density at radius 2 is 1.70 bits per heavy atom. The van der Waals surface area contributed by atoms with Gasteiger partial charge in [0.25, 0.3) is 0 Å². The molecule has 1 aromatic rings. The van der Waals surface area contributed by atoms with Gasteiger partial charge in [-0.15, -0.1) is 0 Å². The zero-order valence-corrected chi connectivity index (χ0v) is 14.9. The highest BCUT2D eigenvalue weighted by Gasteiger charge is 2.23. The van der Waals surface area contributed by atoms with Gasteiger partial charge in [0.1, 0.15) is 4.90 Å². The van der Waals surface area contributed by atoms with E-state index in [1.807, 2.05) is 0 Å². The van der Waals surface area contributed by atoms with E-state index in [1.165, 1.54) is 26.2 Å². The molecule has 1 aromatic carbocycles. The monoisotopic (exact) mass is 341 g/mol. The molecule has 4 N–H and O–H groups in total. The highest BCUT2D eigenvalue weighted by Crippen LogP contribution is 2.29. The fourth-order valence-electron chi connectivity index (χ4n) is 2.25. The van der Waals surface area contributed by atoms with Crippen molar-refractivity contribution in [2.24, 2.45) is 0 Å². The summed E-state index contributed by atoms with van der Waals surface area (Å²) in [5.74, 6) is -0.108. The van der Waals surface area contributed by atoms with E-state index >= 15 is 0 Å². The number of nitrogens with zero attached hydrogens (tertiary/aromatic N) is 1. The highest BCUT2D eigenvalue weighted by molar-refractivity contribution is 7.89. The molecule has 0 spiro atoms. The third-order valence-corrected chi connectivity index (χ3v) is 5.62. The minimum Gasteiger partial charge on any atom is -0.397 e. The van der Waals surface area contributed by atoms with E-state index in [9.17, 15) is 13.2 Å². The normalized spacial score (nSPS) is 11.8. The quantitative estimate of drug-likeness (QED) is 0.408. The van der Waals surface area contributed by atoms with Crippen molar-refractivity contribution in [3.05, 3.63) is 17.7 Å². The summed E-state index contributed by atoms with van der Waals surface area (Å²) >= 11 is 0. The first-order valence-electron chi connectivity index (χ1n) is 7.86. The molecular formula is C16H27N3O3S. The van der Waals surface area contributed by atoms with Gasteiger partial charge >= 0.3 is 0 Å². The minimum atomic E-state index is -3.74. The van der Waals surface area contributed by atoms with Gasteiger partial charge in [0.05, 0.1) is 11.4 Å². The third-order valence-electron chi connectivity index (χ3n) is 3.76. The Morgan fingerprint density at radius 1 is 1.09 bits per heavy atom. The predicted molar refractivity (Wildman–Crippen MR) is 93.8 cm³/mol. The molecule has 23 heavy (non-hydrogen) atoms. The summed E-state index contributed by atoms with van der Waals surface area (Å²) in [5, 5.41) is 0. The Morgan fingerprint density at radius 3 is 2.26 bits per heavy atom. The summed E-state index contributed by atoms with van der Waals surface area (Å²) < 4.78 is 25.6. The summed E-state index contributed by atoms with van der Waals surface area (Å²) in [6.07, 6.45) is 5.58. The molecule has 7 heteroatoms. The molecule has 0 fully saturated rings. The van der Waals surface area contributed by atoms with Crippen molar-refractivity contribution in [2.45, 2.75) is 50.3 Å². The number of benzene rings is 1. The van der Waals surface area contributed by atoms with Crippen LogP contribution in [0.2, 0.25) is 0 Å². The number of nitrogen functional groups attached to an aromatic ring is 2. The van der Waals surface area contributed by atoms with Crippen molar-refractivity contribution in [2.75, 3.05) is 25.6 Å². The van der Waals surface area contributed by atoms with Crippen molar-refractivity contribution in [3.63, 3.8) is 0 Å². The molecule has 0 saturated carbocycles. The lowest BCUT2D eigenvalue weighted by atomic mass is 10.0. The minimum absolute atomic E-state index is 0.0156. The van der Waals surface area contributed by atoms with Gasteiger partial charge in [-0.1, -0.05) is 32.6 Å². The molecule has 1 rings (SSSR count). The van der Waals surface area contributed by atoms with Gasteiger partial charge in [0.15, 0.2) is 5.78 Å². The number of sulfonamides is 1. The van der Waals surface area contributed by atoms with Crippen LogP contribution < -0.4 is 11.5 Å². The van der Waals surface area contributed by atoms with Gasteiger partial charge in [0, 0.05) is 26.1 Å². The van der Waals surface area contributed by atoms with Gasteiger partial charge < -0.3 is 11.5 Å². The lowest BCUT2D eigenvalue weighted by molar-refractivity contribution is 0.0979. The van der Waals surface area contributed by atoms with Gasteiger partial charge in [-0.3, -0.25) is 4.79 Å². The van der Waals surface area contributed by atoms with Crippen molar-refractivity contribution in [1.29, 1.82) is 0 Å². The van der Waals surface area contributed by atoms with Crippen LogP contribution in [-0.2, 0) is 10.0 Å². The van der Waals surface area contributed by atoms with Crippen LogP contribution in [0.25, 0.3) is 0 Å². The molecule has 0 aliphatic carbocycles. The van der Waals surface area contributed by atoms with Crippen LogP contribution in [0, 0.1) is 0 Å². The molecule has 0 atom stereocenters. The maximum atomic E-state index is 12.3. The van der Waals surface area contributed by atoms with Crippen LogP contribution in [0.3, 0.4) is 0 Å². The van der Waals surface area contributed by atoms with Gasteiger partial charge in [-0.2, -0.15) is 0 Å². The Kier molecular flexibility index (Phi) is 7.02. The molecule has 0 heterocycles. The van der Waals surface area contributed by atoms with Crippen molar-refractivity contribution < 1.29 is 13.2 Å². The maximum Gasteiger partial charge on any atom is 0.244 e. The average Bonchev–Trinajstić information content (AvgIpc) is 2.49. The molecule has 0 aliphatic heterocycles. The van der Waals surface area contributed by atoms with Gasteiger partial charge in [-0.25, -0.2) is 12.7 Å². The number of Topliss-reactive ketones (excluding diaryl/α,β-unsaturated/α-hetero) is 1. The average molecular weight is 341 g/mol. The predicted octanol–water partition coefficient (Wildman–Crippen LogP) is 2.64. The second kappa shape index (κ2) is 8.31. The Hall–Kier alpha value is -1.60. The van der Waals surface area contributed by atoms with Gasteiger partial charge in [0.2, 0.25) is 10.0 Å². The molecule has 0 saturated heterocycles. The fourth-order valence-corrected chi connectivity index (χ4v) is 3.32. The number of carbonyl (C=O) groups is 1. The van der Waals surface area contributed by atoms with E-state index in [4.69, 9.17) is 11.5 Å². The van der Waals surface area contributed by atoms with Crippen LogP contribution in [0.15, 0.2) is 17.0 Å². The lowest BCUT2D eigenvalue weighted by Gasteiger charge is -2.15. The second-order valence-electron chi connectivity index (χ2n) is 5.85. The highest BCUT2D eigenvalue weighted by atomic mass is 32.2. The Balaban J connectivity index is 2.97. The number of rotatable bonds is 9. The van der Waals surface area contributed by atoms with Crippen LogP contribution in [0.5, 0.6) is 0 Å². The SMILES string of the molecule is CCCCCCCC(=O)c1cc(N)c(N)c(S(=O)(=O)N(C)C)c1. The smallest absolute Gasteiger partial charge is 0.244 e. The van der Waals surface area contributed by atoms with Crippen LogP contribution in [0.4, 0.5) is 11.4 Å². The van der Waals surface area contributed by atoms with Crippen LogP contribution >= 0.6 is 0 Å². The van der Waals surface area contributed by atoms with Crippen molar-refractivity contribution in [3.8, 4) is 0 Å². The van der Waals surface area contributed by atoms with Crippen molar-refractivity contribution in [1.82, 2.24) is 4.31 Å². The largest absolute Gasteiger partial charge is 0.397 e. The molecule has 0 unspecified atom stereocenters. The molecule has 0 aromatic heterocycles. The van der Waals surface area contributed by atoms with Crippen LogP contribution in [-0.4, -0.2) is 32.6 Å². The second-order valence-corrected chi connectivity index (χ2v) is 7.97. The zero-order chi connectivity index (χ0) is 17.6. The number of hydrogen-bond acceptors (Lipinski definition) is 5. The first-order chi connectivity index (χ1) is 10.7. The molecule has 130 valence electrons. The topological polar surface area (TPSA) is 106 Å². The van der Waals surface area contributed by atoms with E-state index in [0.717, 1.165) is 36.4 Å². The van der Waals surface area contributed by atoms with Crippen LogP contribution in [0.1, 0.15) is 55.8 Å². The molecule has 6 nitrogen and oxygen atoms in total. The number of hydrogen-bond donors (Lipinski definition) is 2. The standard InChI is InChI=1S/C16H27N3O3S/c1-4-5-6-7-8-9-14(20)12-10-13(17)16(18)15(11-12)23(21,22)19(2)3/h10-11H,4-9,17-18H2,1-3H3. The van der Waals surface area contributed by atoms with E-state index in [1.54, 1.807) is 0 Å². The third kappa shape index (κ3) is 4.94. The lowest BCUT2D eigenvalue weighted by Crippen LogP contribution is -2.24. The molecular weight excluding hydrogens is 314 g/mol. The summed E-state index contributed by atoms with van der Waals surface area (Å²) in [6, 6.07) is 2.79. The molecule has 0 aliphatic rings. The van der Waals surface area contributed by atoms with Crippen molar-refractivity contribution >= 4 is 27.2 Å². The summed E-state index contributed by atoms with van der Waals surface area (Å²) in [4.78, 5) is 12.2. The summed E-state index contributed by atoms with van der Waals surface area (Å²) in [6.45, 7) is 2.13. The zero-order valence-electron chi connectivity index (χ0n) is 14.1. The van der Waals surface area contributed by atoms with E-state index in [0.29, 0.717) is 12.0 Å². The summed E-state index contributed by atoms with van der Waals surface area (Å²) in [5.41, 5.74) is 12.0. The van der Waals surface area contributed by atoms with E-state index < -0.39 is 10.0 Å². The first kappa shape index (κ1) is 19.4. The fraction of sp³-hybridized carbons (Fsp3) is 0.562. The molecule has 0 amide bonds. The van der Waals surface area contributed by atoms with E-state index in [2.05, 4.69) is 6.92 Å². The molecule has 0 radical (unpaired) electrons. The van der Waals surface area contributed by atoms with Gasteiger partial charge in [-0.05, 0) is 18.6 Å². The first-order valence-corrected chi connectivity index (χ1v) is 9.30.